The van der Waals surface area contributed by atoms with E-state index in [0.29, 0.717) is 24.3 Å². The average Bonchev–Trinajstić information content (AvgIpc) is 2.31. The highest BCUT2D eigenvalue weighted by Gasteiger charge is 2.19. The molecule has 0 fully saturated rings. The van der Waals surface area contributed by atoms with E-state index in [4.69, 9.17) is 5.11 Å². The lowest BCUT2D eigenvalue weighted by Crippen LogP contribution is -2.48. The number of hydrogen-bond donors (Lipinski definition) is 3. The molecule has 3 unspecified atom stereocenters. The van der Waals surface area contributed by atoms with Crippen LogP contribution in [0.2, 0.25) is 0 Å². The van der Waals surface area contributed by atoms with E-state index in [9.17, 15) is 13.8 Å². The Hall–Kier alpha value is -0.760. The summed E-state index contributed by atoms with van der Waals surface area (Å²) in [4.78, 5) is 22.6. The highest BCUT2D eigenvalue weighted by Crippen LogP contribution is 2.01. The quantitative estimate of drug-likeness (QED) is 0.581. The molecule has 0 aromatic carbocycles. The molecule has 3 N–H and O–H groups in total. The minimum atomic E-state index is -1.04. The number of rotatable bonds is 9. The van der Waals surface area contributed by atoms with Crippen molar-refractivity contribution >= 4 is 34.6 Å². The topological polar surface area (TPSA) is 95.5 Å². The third-order valence-electron chi connectivity index (χ3n) is 2.43. The summed E-state index contributed by atoms with van der Waals surface area (Å²) in [6.45, 7) is 1.80. The Balaban J connectivity index is 4.10. The molecule has 19 heavy (non-hydrogen) atoms. The summed E-state index contributed by atoms with van der Waals surface area (Å²) < 4.78 is 10.9. The van der Waals surface area contributed by atoms with Crippen molar-refractivity contribution in [1.82, 2.24) is 10.6 Å². The smallest absolute Gasteiger partial charge is 0.326 e. The fraction of sp³-hybridized carbons (Fsp3) is 0.818. The summed E-state index contributed by atoms with van der Waals surface area (Å²) in [7, 11) is -0.892. The van der Waals surface area contributed by atoms with E-state index in [-0.39, 0.29) is 6.04 Å². The van der Waals surface area contributed by atoms with Gasteiger partial charge in [-0.2, -0.15) is 11.8 Å². The number of carboxylic acids is 1. The van der Waals surface area contributed by atoms with Crippen LogP contribution in [0.15, 0.2) is 0 Å². The van der Waals surface area contributed by atoms with Gasteiger partial charge in [0.25, 0.3) is 0 Å². The number of thioether (sulfide) groups is 1. The number of urea groups is 1. The zero-order chi connectivity index (χ0) is 14.8. The minimum Gasteiger partial charge on any atom is -0.480 e. The summed E-state index contributed by atoms with van der Waals surface area (Å²) in [6.07, 6.45) is 4.47. The van der Waals surface area contributed by atoms with Crippen LogP contribution in [0.3, 0.4) is 0 Å². The monoisotopic (exact) mass is 310 g/mol. The summed E-state index contributed by atoms with van der Waals surface area (Å²) in [6, 6.07) is -1.51. The molecular formula is C11H22N2O4S2. The molecule has 0 saturated carbocycles. The molecule has 0 bridgehead atoms. The molecule has 0 aliphatic rings. The molecule has 0 rings (SSSR count). The second-order valence-corrected chi connectivity index (χ2v) is 6.80. The second-order valence-electron chi connectivity index (χ2n) is 4.26. The van der Waals surface area contributed by atoms with Gasteiger partial charge in [0.05, 0.1) is 0 Å². The number of carbonyl (C=O) groups excluding carboxylic acids is 1. The first-order valence-electron chi connectivity index (χ1n) is 5.95. The molecule has 8 heteroatoms. The number of amides is 2. The third-order valence-corrected chi connectivity index (χ3v) is 3.88. The van der Waals surface area contributed by atoms with Crippen molar-refractivity contribution < 1.29 is 18.9 Å². The zero-order valence-corrected chi connectivity index (χ0v) is 13.1. The lowest BCUT2D eigenvalue weighted by atomic mass is 10.2. The second kappa shape index (κ2) is 10.1. The van der Waals surface area contributed by atoms with Gasteiger partial charge in [-0.1, -0.05) is 0 Å². The van der Waals surface area contributed by atoms with Crippen molar-refractivity contribution in [3.05, 3.63) is 0 Å². The summed E-state index contributed by atoms with van der Waals surface area (Å²) in [5, 5.41) is 14.0. The first-order valence-corrected chi connectivity index (χ1v) is 9.07. The molecule has 0 spiro atoms. The maximum atomic E-state index is 11.6. The highest BCUT2D eigenvalue weighted by molar-refractivity contribution is 7.98. The Morgan fingerprint density at radius 2 is 1.95 bits per heavy atom. The van der Waals surface area contributed by atoms with Crippen molar-refractivity contribution in [2.75, 3.05) is 24.0 Å². The molecule has 112 valence electrons. The van der Waals surface area contributed by atoms with E-state index in [2.05, 4.69) is 10.6 Å². The molecule has 0 aromatic heterocycles. The van der Waals surface area contributed by atoms with E-state index in [1.165, 1.54) is 11.8 Å². The van der Waals surface area contributed by atoms with E-state index >= 15 is 0 Å². The molecule has 0 heterocycles. The van der Waals surface area contributed by atoms with Crippen molar-refractivity contribution in [2.24, 2.45) is 0 Å². The molecule has 3 atom stereocenters. The maximum absolute atomic E-state index is 11.6. The van der Waals surface area contributed by atoms with E-state index in [0.717, 1.165) is 0 Å². The minimum absolute atomic E-state index is 0.140. The standard InChI is InChI=1S/C11H22N2O4S2/c1-8(5-7-19(3)17)12-11(16)13-9(10(14)15)4-6-18-2/h8-9H,4-7H2,1-3H3,(H,14,15)(H2,12,13,16). The number of hydrogen-bond acceptors (Lipinski definition) is 4. The molecule has 0 saturated heterocycles. The average molecular weight is 310 g/mol. The Kier molecular flexibility index (Phi) is 9.68. The molecule has 0 aliphatic carbocycles. The van der Waals surface area contributed by atoms with Gasteiger partial charge in [-0.15, -0.1) is 0 Å². The Morgan fingerprint density at radius 1 is 1.32 bits per heavy atom. The van der Waals surface area contributed by atoms with Crippen molar-refractivity contribution in [2.45, 2.75) is 31.8 Å². The molecule has 6 nitrogen and oxygen atoms in total. The summed E-state index contributed by atoms with van der Waals surface area (Å²) in [5.74, 6) is 0.143. The van der Waals surface area contributed by atoms with Crippen molar-refractivity contribution in [3.63, 3.8) is 0 Å². The zero-order valence-electron chi connectivity index (χ0n) is 11.5. The normalized spacial score (nSPS) is 15.3. The van der Waals surface area contributed by atoms with Crippen LogP contribution in [0.1, 0.15) is 19.8 Å². The maximum Gasteiger partial charge on any atom is 0.326 e. The number of nitrogens with one attached hydrogen (secondary N) is 2. The van der Waals surface area contributed by atoms with E-state index < -0.39 is 28.8 Å². The van der Waals surface area contributed by atoms with Crippen molar-refractivity contribution in [3.8, 4) is 0 Å². The fourth-order valence-corrected chi connectivity index (χ4v) is 2.49. The lowest BCUT2D eigenvalue weighted by molar-refractivity contribution is -0.139. The molecule has 0 aliphatic heterocycles. The number of aliphatic carboxylic acids is 1. The van der Waals surface area contributed by atoms with E-state index in [1.54, 1.807) is 13.2 Å². The summed E-state index contributed by atoms with van der Waals surface area (Å²) in [5.41, 5.74) is 0. The van der Waals surface area contributed by atoms with Crippen molar-refractivity contribution in [1.29, 1.82) is 0 Å². The Morgan fingerprint density at radius 3 is 2.42 bits per heavy atom. The van der Waals surface area contributed by atoms with Crippen LogP contribution in [0.25, 0.3) is 0 Å². The van der Waals surface area contributed by atoms with Gasteiger partial charge in [0.15, 0.2) is 0 Å². The van der Waals surface area contributed by atoms with Gasteiger partial charge < -0.3 is 15.7 Å². The molecular weight excluding hydrogens is 288 g/mol. The predicted molar refractivity (Wildman–Crippen MR) is 79.1 cm³/mol. The van der Waals surface area contributed by atoms with Crippen LogP contribution in [0.5, 0.6) is 0 Å². The van der Waals surface area contributed by atoms with Gasteiger partial charge in [-0.3, -0.25) is 4.21 Å². The third kappa shape index (κ3) is 9.77. The first kappa shape index (κ1) is 18.2. The van der Waals surface area contributed by atoms with Gasteiger partial charge >= 0.3 is 12.0 Å². The highest BCUT2D eigenvalue weighted by atomic mass is 32.2. The fourth-order valence-electron chi connectivity index (χ4n) is 1.33. The molecule has 2 amide bonds. The SMILES string of the molecule is CSCCC(NC(=O)NC(C)CCS(C)=O)C(=O)O. The van der Waals surface area contributed by atoms with Gasteiger partial charge in [-0.25, -0.2) is 9.59 Å². The number of carbonyl (C=O) groups is 2. The van der Waals surface area contributed by atoms with Gasteiger partial charge in [0, 0.05) is 28.9 Å². The largest absolute Gasteiger partial charge is 0.480 e. The van der Waals surface area contributed by atoms with Gasteiger partial charge in [-0.05, 0) is 31.8 Å². The van der Waals surface area contributed by atoms with Crippen LogP contribution >= 0.6 is 11.8 Å². The Labute approximate surface area is 120 Å². The van der Waals surface area contributed by atoms with E-state index in [1.807, 2.05) is 6.26 Å². The van der Waals surface area contributed by atoms with Crippen LogP contribution in [0, 0.1) is 0 Å². The van der Waals surface area contributed by atoms with Crippen LogP contribution < -0.4 is 10.6 Å². The van der Waals surface area contributed by atoms with Crippen LogP contribution in [0.4, 0.5) is 4.79 Å². The van der Waals surface area contributed by atoms with Gasteiger partial charge in [0.2, 0.25) is 0 Å². The lowest BCUT2D eigenvalue weighted by Gasteiger charge is -2.18. The predicted octanol–water partition coefficient (Wildman–Crippen LogP) is 0.649. The van der Waals surface area contributed by atoms with Crippen LogP contribution in [-0.2, 0) is 15.6 Å². The summed E-state index contributed by atoms with van der Waals surface area (Å²) >= 11 is 1.53. The molecule has 0 aromatic rings. The first-order chi connectivity index (χ1) is 8.86. The van der Waals surface area contributed by atoms with Gasteiger partial charge in [0.1, 0.15) is 6.04 Å². The van der Waals surface area contributed by atoms with Crippen LogP contribution in [-0.4, -0.2) is 57.4 Å². The Bertz CT molecular complexity index is 326. The molecule has 0 radical (unpaired) electrons. The number of carboxylic acid groups (broad SMARTS) is 1.